The summed E-state index contributed by atoms with van der Waals surface area (Å²) < 4.78 is 0. The summed E-state index contributed by atoms with van der Waals surface area (Å²) in [7, 11) is 0. The molecule has 0 radical (unpaired) electrons. The second kappa shape index (κ2) is 6.43. The van der Waals surface area contributed by atoms with Gasteiger partial charge in [0.15, 0.2) is 0 Å². The van der Waals surface area contributed by atoms with Crippen LogP contribution in [0.1, 0.15) is 23.5 Å². The highest BCUT2D eigenvalue weighted by atomic mass is 16.6. The number of aryl methyl sites for hydroxylation is 1. The van der Waals surface area contributed by atoms with E-state index in [9.17, 15) is 10.1 Å². The zero-order valence-corrected chi connectivity index (χ0v) is 12.2. The minimum atomic E-state index is -0.211. The van der Waals surface area contributed by atoms with E-state index < -0.39 is 0 Å². The predicted octanol–water partition coefficient (Wildman–Crippen LogP) is 4.16. The lowest BCUT2D eigenvalue weighted by Gasteiger charge is -2.12. The molecule has 1 N–H and O–H groups in total. The van der Waals surface area contributed by atoms with Gasteiger partial charge in [0.2, 0.25) is 6.54 Å². The van der Waals surface area contributed by atoms with Crippen molar-refractivity contribution in [1.82, 2.24) is 4.98 Å². The van der Waals surface area contributed by atoms with E-state index in [0.717, 1.165) is 29.3 Å². The standard InChI is InChI=1S/C18H18N2O2/c21-20(22)13-15(11-10-14-6-2-1-3-7-14)17-12-19-18-9-5-4-8-16(17)18/h1-9,12,15,19H,10-11,13H2. The first-order valence-corrected chi connectivity index (χ1v) is 7.46. The summed E-state index contributed by atoms with van der Waals surface area (Å²) in [4.78, 5) is 14.1. The van der Waals surface area contributed by atoms with Crippen LogP contribution in [0.3, 0.4) is 0 Å². The molecule has 1 atom stereocenters. The van der Waals surface area contributed by atoms with Crippen molar-refractivity contribution in [3.63, 3.8) is 0 Å². The molecule has 2 aromatic carbocycles. The molecule has 3 aromatic rings. The van der Waals surface area contributed by atoms with E-state index in [2.05, 4.69) is 17.1 Å². The van der Waals surface area contributed by atoms with Gasteiger partial charge in [-0.1, -0.05) is 48.5 Å². The van der Waals surface area contributed by atoms with Crippen molar-refractivity contribution in [2.45, 2.75) is 18.8 Å². The van der Waals surface area contributed by atoms with Gasteiger partial charge in [0.25, 0.3) is 0 Å². The fraction of sp³-hybridized carbons (Fsp3) is 0.222. The molecule has 112 valence electrons. The molecule has 0 aliphatic rings. The minimum absolute atomic E-state index is 0.0331. The highest BCUT2D eigenvalue weighted by Gasteiger charge is 2.21. The minimum Gasteiger partial charge on any atom is -0.361 e. The van der Waals surface area contributed by atoms with Gasteiger partial charge < -0.3 is 4.98 Å². The molecule has 0 amide bonds. The number of benzene rings is 2. The normalized spacial score (nSPS) is 12.4. The van der Waals surface area contributed by atoms with Crippen molar-refractivity contribution >= 4 is 10.9 Å². The van der Waals surface area contributed by atoms with Crippen LogP contribution in [-0.2, 0) is 6.42 Å². The molecule has 0 bridgehead atoms. The molecule has 0 aliphatic heterocycles. The van der Waals surface area contributed by atoms with Crippen molar-refractivity contribution in [3.05, 3.63) is 82.0 Å². The summed E-state index contributed by atoms with van der Waals surface area (Å²) in [5.41, 5.74) is 3.30. The molecule has 0 saturated carbocycles. The molecule has 0 fully saturated rings. The monoisotopic (exact) mass is 294 g/mol. The lowest BCUT2D eigenvalue weighted by atomic mass is 9.92. The maximum absolute atomic E-state index is 11.0. The molecule has 1 aromatic heterocycles. The number of aromatic amines is 1. The topological polar surface area (TPSA) is 58.9 Å². The predicted molar refractivity (Wildman–Crippen MR) is 87.7 cm³/mol. The first-order chi connectivity index (χ1) is 10.7. The molecular weight excluding hydrogens is 276 g/mol. The van der Waals surface area contributed by atoms with E-state index in [-0.39, 0.29) is 17.4 Å². The first-order valence-electron chi connectivity index (χ1n) is 7.46. The van der Waals surface area contributed by atoms with Gasteiger partial charge >= 0.3 is 0 Å². The molecule has 4 heteroatoms. The molecule has 1 heterocycles. The first kappa shape index (κ1) is 14.3. The maximum Gasteiger partial charge on any atom is 0.210 e. The van der Waals surface area contributed by atoms with Crippen molar-refractivity contribution in [2.24, 2.45) is 0 Å². The van der Waals surface area contributed by atoms with Gasteiger partial charge in [0.1, 0.15) is 0 Å². The van der Waals surface area contributed by atoms with Crippen LogP contribution in [-0.4, -0.2) is 16.5 Å². The quantitative estimate of drug-likeness (QED) is 0.548. The van der Waals surface area contributed by atoms with Crippen molar-refractivity contribution in [1.29, 1.82) is 0 Å². The SMILES string of the molecule is O=[N+]([O-])CC(CCc1ccccc1)c1c[nH]c2ccccc12. The van der Waals surface area contributed by atoms with Crippen LogP contribution in [0.25, 0.3) is 10.9 Å². The van der Waals surface area contributed by atoms with Gasteiger partial charge in [-0.25, -0.2) is 0 Å². The third kappa shape index (κ3) is 3.17. The number of hydrogen-bond donors (Lipinski definition) is 1. The molecular formula is C18H18N2O2. The highest BCUT2D eigenvalue weighted by molar-refractivity contribution is 5.83. The van der Waals surface area contributed by atoms with Crippen LogP contribution in [0, 0.1) is 10.1 Å². The maximum atomic E-state index is 11.0. The zero-order valence-electron chi connectivity index (χ0n) is 12.2. The Balaban J connectivity index is 1.84. The van der Waals surface area contributed by atoms with Crippen LogP contribution in [0.15, 0.2) is 60.8 Å². The second-order valence-corrected chi connectivity index (χ2v) is 5.53. The molecule has 0 aliphatic carbocycles. The summed E-state index contributed by atoms with van der Waals surface area (Å²) in [6, 6.07) is 18.1. The van der Waals surface area contributed by atoms with Crippen LogP contribution in [0.4, 0.5) is 0 Å². The zero-order chi connectivity index (χ0) is 15.4. The molecule has 0 saturated heterocycles. The van der Waals surface area contributed by atoms with Crippen molar-refractivity contribution in [3.8, 4) is 0 Å². The van der Waals surface area contributed by atoms with E-state index in [4.69, 9.17) is 0 Å². The third-order valence-electron chi connectivity index (χ3n) is 4.05. The summed E-state index contributed by atoms with van der Waals surface area (Å²) in [5.74, 6) is -0.0774. The van der Waals surface area contributed by atoms with Crippen LogP contribution in [0.2, 0.25) is 0 Å². The van der Waals surface area contributed by atoms with Gasteiger partial charge in [0, 0.05) is 22.0 Å². The highest BCUT2D eigenvalue weighted by Crippen LogP contribution is 2.29. The number of nitrogens with zero attached hydrogens (tertiary/aromatic N) is 1. The summed E-state index contributed by atoms with van der Waals surface area (Å²) in [6.45, 7) is -0.0331. The number of aromatic nitrogens is 1. The van der Waals surface area contributed by atoms with Gasteiger partial charge in [0.05, 0.1) is 5.92 Å². The average Bonchev–Trinajstić information content (AvgIpc) is 2.96. The molecule has 1 unspecified atom stereocenters. The van der Waals surface area contributed by atoms with E-state index in [1.54, 1.807) is 0 Å². The Hall–Kier alpha value is -2.62. The summed E-state index contributed by atoms with van der Waals surface area (Å²) in [5, 5.41) is 12.1. The van der Waals surface area contributed by atoms with Gasteiger partial charge in [-0.2, -0.15) is 0 Å². The van der Waals surface area contributed by atoms with Crippen LogP contribution in [0.5, 0.6) is 0 Å². The Bertz CT molecular complexity index is 765. The number of H-pyrrole nitrogens is 1. The molecule has 3 rings (SSSR count). The lowest BCUT2D eigenvalue weighted by Crippen LogP contribution is -2.13. The van der Waals surface area contributed by atoms with Gasteiger partial charge in [-0.3, -0.25) is 10.1 Å². The smallest absolute Gasteiger partial charge is 0.210 e. The van der Waals surface area contributed by atoms with Crippen molar-refractivity contribution < 1.29 is 4.92 Å². The number of rotatable bonds is 6. The number of hydrogen-bond acceptors (Lipinski definition) is 2. The fourth-order valence-electron chi connectivity index (χ4n) is 2.94. The van der Waals surface area contributed by atoms with Crippen LogP contribution < -0.4 is 0 Å². The number of fused-ring (bicyclic) bond motifs is 1. The van der Waals surface area contributed by atoms with Gasteiger partial charge in [-0.05, 0) is 30.0 Å². The van der Waals surface area contributed by atoms with Crippen LogP contribution >= 0.6 is 0 Å². The lowest BCUT2D eigenvalue weighted by molar-refractivity contribution is -0.483. The molecule has 22 heavy (non-hydrogen) atoms. The number of para-hydroxylation sites is 1. The third-order valence-corrected chi connectivity index (χ3v) is 4.05. The van der Waals surface area contributed by atoms with E-state index in [1.165, 1.54) is 5.56 Å². The van der Waals surface area contributed by atoms with E-state index in [1.807, 2.05) is 48.7 Å². The summed E-state index contributed by atoms with van der Waals surface area (Å²) in [6.07, 6.45) is 3.54. The number of nitro groups is 1. The van der Waals surface area contributed by atoms with E-state index in [0.29, 0.717) is 0 Å². The largest absolute Gasteiger partial charge is 0.361 e. The van der Waals surface area contributed by atoms with E-state index >= 15 is 0 Å². The summed E-state index contributed by atoms with van der Waals surface area (Å²) >= 11 is 0. The van der Waals surface area contributed by atoms with Crippen molar-refractivity contribution in [2.75, 3.05) is 6.54 Å². The Labute approximate surface area is 128 Å². The fourth-order valence-corrected chi connectivity index (χ4v) is 2.94. The molecule has 0 spiro atoms. The molecule has 4 nitrogen and oxygen atoms in total. The Kier molecular flexibility index (Phi) is 4.19. The van der Waals surface area contributed by atoms with Gasteiger partial charge in [-0.15, -0.1) is 0 Å². The Morgan fingerprint density at radius 2 is 1.77 bits per heavy atom. The Morgan fingerprint density at radius 3 is 2.55 bits per heavy atom. The Morgan fingerprint density at radius 1 is 1.05 bits per heavy atom. The second-order valence-electron chi connectivity index (χ2n) is 5.53. The number of nitrogens with one attached hydrogen (secondary N) is 1. The average molecular weight is 294 g/mol.